The maximum atomic E-state index is 14.4. The number of nitrogens with one attached hydrogen (secondary N) is 1. The van der Waals surface area contributed by atoms with Gasteiger partial charge in [-0.3, -0.25) is 10.0 Å². The lowest BCUT2D eigenvalue weighted by atomic mass is 10.1. The first kappa shape index (κ1) is 20.7. The molecule has 0 aliphatic carbocycles. The average Bonchev–Trinajstić information content (AvgIpc) is 3.24. The van der Waals surface area contributed by atoms with Gasteiger partial charge in [-0.25, -0.2) is 4.39 Å². The highest BCUT2D eigenvalue weighted by Gasteiger charge is 2.26. The van der Waals surface area contributed by atoms with E-state index in [-0.39, 0.29) is 11.9 Å². The first-order valence-corrected chi connectivity index (χ1v) is 10.9. The Morgan fingerprint density at radius 1 is 1.13 bits per heavy atom. The molecular formula is C23H23ClFN3OS. The molecule has 1 aliphatic heterocycles. The number of rotatable bonds is 5. The fourth-order valence-corrected chi connectivity index (χ4v) is 4.79. The van der Waals surface area contributed by atoms with Gasteiger partial charge in [-0.2, -0.15) is 0 Å². The van der Waals surface area contributed by atoms with Crippen LogP contribution in [0.2, 0.25) is 5.02 Å². The molecule has 1 N–H and O–H groups in total. The Morgan fingerprint density at radius 3 is 2.53 bits per heavy atom. The van der Waals surface area contributed by atoms with Crippen molar-refractivity contribution in [3.8, 4) is 16.2 Å². The van der Waals surface area contributed by atoms with E-state index < -0.39 is 0 Å². The van der Waals surface area contributed by atoms with Gasteiger partial charge in [-0.15, -0.1) is 16.9 Å². The molecular weight excluding hydrogens is 421 g/mol. The SMILES string of the molecule is Cc1c(C2=CN(c3c(F)cccc3Cl)NN2C)csc1-c1ccc(OC(C)C)cc1. The Morgan fingerprint density at radius 2 is 1.87 bits per heavy atom. The molecule has 156 valence electrons. The summed E-state index contributed by atoms with van der Waals surface area (Å²) in [4.78, 5) is 1.19. The van der Waals surface area contributed by atoms with Crippen LogP contribution in [0.3, 0.4) is 0 Å². The Kier molecular flexibility index (Phi) is 5.73. The maximum absolute atomic E-state index is 14.4. The lowest BCUT2D eigenvalue weighted by Gasteiger charge is -2.22. The highest BCUT2D eigenvalue weighted by molar-refractivity contribution is 7.14. The van der Waals surface area contributed by atoms with E-state index in [1.165, 1.54) is 16.5 Å². The van der Waals surface area contributed by atoms with Crippen LogP contribution in [-0.2, 0) is 0 Å². The van der Waals surface area contributed by atoms with Gasteiger partial charge in [0.05, 0.1) is 16.8 Å². The largest absolute Gasteiger partial charge is 0.491 e. The van der Waals surface area contributed by atoms with Crippen molar-refractivity contribution < 1.29 is 9.13 Å². The number of para-hydroxylation sites is 1. The third kappa shape index (κ3) is 3.90. The van der Waals surface area contributed by atoms with E-state index in [1.54, 1.807) is 28.5 Å². The number of halogens is 2. The van der Waals surface area contributed by atoms with Gasteiger partial charge < -0.3 is 4.74 Å². The molecule has 30 heavy (non-hydrogen) atoms. The predicted molar refractivity (Wildman–Crippen MR) is 123 cm³/mol. The Labute approximate surface area is 185 Å². The highest BCUT2D eigenvalue weighted by Crippen LogP contribution is 2.39. The molecule has 0 atom stereocenters. The van der Waals surface area contributed by atoms with Crippen molar-refractivity contribution in [3.63, 3.8) is 0 Å². The van der Waals surface area contributed by atoms with Gasteiger partial charge in [0, 0.05) is 29.1 Å². The van der Waals surface area contributed by atoms with E-state index in [0.717, 1.165) is 22.6 Å². The van der Waals surface area contributed by atoms with Gasteiger partial charge in [0.2, 0.25) is 0 Å². The number of ether oxygens (including phenoxy) is 1. The second-order valence-corrected chi connectivity index (χ2v) is 8.69. The molecule has 2 heterocycles. The molecule has 0 saturated carbocycles. The second kappa shape index (κ2) is 8.30. The Balaban J connectivity index is 1.65. The zero-order chi connectivity index (χ0) is 21.4. The van der Waals surface area contributed by atoms with Crippen molar-refractivity contribution in [3.05, 3.63) is 76.0 Å². The van der Waals surface area contributed by atoms with Crippen molar-refractivity contribution >= 4 is 34.3 Å². The summed E-state index contributed by atoms with van der Waals surface area (Å²) in [5.74, 6) is 0.482. The third-order valence-electron chi connectivity index (χ3n) is 4.85. The van der Waals surface area contributed by atoms with Gasteiger partial charge in [-0.05, 0) is 68.3 Å². The van der Waals surface area contributed by atoms with Crippen LogP contribution in [0.25, 0.3) is 16.1 Å². The normalized spacial score (nSPS) is 13.9. The van der Waals surface area contributed by atoms with Gasteiger partial charge in [0.25, 0.3) is 0 Å². The monoisotopic (exact) mass is 443 g/mol. The summed E-state index contributed by atoms with van der Waals surface area (Å²) in [5, 5.41) is 5.95. The van der Waals surface area contributed by atoms with Crippen LogP contribution in [0.5, 0.6) is 5.75 Å². The topological polar surface area (TPSA) is 27.7 Å². The number of hydrogen-bond acceptors (Lipinski definition) is 5. The van der Waals surface area contributed by atoms with Gasteiger partial charge in [-0.1, -0.05) is 17.7 Å². The second-order valence-electron chi connectivity index (χ2n) is 7.41. The molecule has 4 rings (SSSR count). The van der Waals surface area contributed by atoms with Crippen molar-refractivity contribution in [2.24, 2.45) is 0 Å². The molecule has 0 saturated heterocycles. The maximum Gasteiger partial charge on any atom is 0.149 e. The fourth-order valence-electron chi connectivity index (χ4n) is 3.45. The molecule has 0 fully saturated rings. The van der Waals surface area contributed by atoms with Crippen molar-refractivity contribution in [1.82, 2.24) is 10.5 Å². The quantitative estimate of drug-likeness (QED) is 0.488. The van der Waals surface area contributed by atoms with Crippen LogP contribution in [0.4, 0.5) is 10.1 Å². The highest BCUT2D eigenvalue weighted by atomic mass is 35.5. The van der Waals surface area contributed by atoms with Crippen molar-refractivity contribution in [2.45, 2.75) is 26.9 Å². The lowest BCUT2D eigenvalue weighted by Crippen LogP contribution is -2.38. The first-order chi connectivity index (χ1) is 14.3. The van der Waals surface area contributed by atoms with Crippen LogP contribution in [0, 0.1) is 12.7 Å². The minimum atomic E-state index is -0.382. The zero-order valence-corrected chi connectivity index (χ0v) is 18.8. The molecule has 1 aromatic heterocycles. The predicted octanol–water partition coefficient (Wildman–Crippen LogP) is 6.47. The Bertz CT molecular complexity index is 1070. The van der Waals surface area contributed by atoms with E-state index in [2.05, 4.69) is 30.0 Å². The number of anilines is 1. The van der Waals surface area contributed by atoms with Crippen LogP contribution in [0.15, 0.2) is 54.0 Å². The van der Waals surface area contributed by atoms with E-state index in [4.69, 9.17) is 16.3 Å². The molecule has 0 radical (unpaired) electrons. The first-order valence-electron chi connectivity index (χ1n) is 9.65. The molecule has 0 unspecified atom stereocenters. The molecule has 1 aliphatic rings. The summed E-state index contributed by atoms with van der Waals surface area (Å²) in [6, 6.07) is 12.8. The molecule has 2 aromatic carbocycles. The summed E-state index contributed by atoms with van der Waals surface area (Å²) in [5.41, 5.74) is 7.77. The zero-order valence-electron chi connectivity index (χ0n) is 17.2. The molecule has 3 aromatic rings. The average molecular weight is 444 g/mol. The van der Waals surface area contributed by atoms with E-state index in [1.807, 2.05) is 44.2 Å². The van der Waals surface area contributed by atoms with Crippen molar-refractivity contribution in [2.75, 3.05) is 12.1 Å². The van der Waals surface area contributed by atoms with Crippen molar-refractivity contribution in [1.29, 1.82) is 0 Å². The summed E-state index contributed by atoms with van der Waals surface area (Å²) in [6.45, 7) is 6.13. The Hall–Kier alpha value is -2.54. The van der Waals surface area contributed by atoms with Crippen LogP contribution < -0.4 is 15.3 Å². The van der Waals surface area contributed by atoms with E-state index >= 15 is 0 Å². The van der Waals surface area contributed by atoms with E-state index in [9.17, 15) is 4.39 Å². The van der Waals surface area contributed by atoms with Crippen LogP contribution in [-0.4, -0.2) is 18.2 Å². The minimum absolute atomic E-state index is 0.147. The molecule has 4 nitrogen and oxygen atoms in total. The summed E-state index contributed by atoms with van der Waals surface area (Å²) in [6.07, 6.45) is 2.01. The molecule has 7 heteroatoms. The number of hydrazine groups is 2. The summed E-state index contributed by atoms with van der Waals surface area (Å²) >= 11 is 7.92. The fraction of sp³-hybridized carbons (Fsp3) is 0.217. The van der Waals surface area contributed by atoms with Crippen LogP contribution >= 0.6 is 22.9 Å². The summed E-state index contributed by atoms with van der Waals surface area (Å²) in [7, 11) is 1.90. The third-order valence-corrected chi connectivity index (χ3v) is 6.29. The number of nitrogens with zero attached hydrogens (tertiary/aromatic N) is 2. The van der Waals surface area contributed by atoms with Gasteiger partial charge in [0.15, 0.2) is 0 Å². The molecule has 0 amide bonds. The molecule has 0 spiro atoms. The minimum Gasteiger partial charge on any atom is -0.491 e. The molecule has 0 bridgehead atoms. The smallest absolute Gasteiger partial charge is 0.149 e. The number of benzene rings is 2. The summed E-state index contributed by atoms with van der Waals surface area (Å²) < 4.78 is 20.1. The van der Waals surface area contributed by atoms with Gasteiger partial charge >= 0.3 is 0 Å². The van der Waals surface area contributed by atoms with Crippen LogP contribution in [0.1, 0.15) is 25.0 Å². The lowest BCUT2D eigenvalue weighted by molar-refractivity contribution is 0.242. The van der Waals surface area contributed by atoms with E-state index in [0.29, 0.717) is 10.7 Å². The number of thiophene rings is 1. The van der Waals surface area contributed by atoms with Gasteiger partial charge in [0.1, 0.15) is 17.3 Å². The number of hydrogen-bond donors (Lipinski definition) is 1. The standard InChI is InChI=1S/C23H23ClFN3OS/c1-14(2)29-17-10-8-16(9-11-17)23-15(3)18(13-30-23)21-12-28(26-27(21)4)22-19(24)6-5-7-20(22)25/h5-14,26H,1-4H3.